The number of hydrogen-bond donors (Lipinski definition) is 2. The Balaban J connectivity index is 1.62. The Hall–Kier alpha value is -3.65. The molecule has 7 nitrogen and oxygen atoms in total. The second-order valence-corrected chi connectivity index (χ2v) is 8.83. The molecule has 0 aromatic heterocycles. The van der Waals surface area contributed by atoms with Crippen LogP contribution < -0.4 is 14.9 Å². The first kappa shape index (κ1) is 23.0. The summed E-state index contributed by atoms with van der Waals surface area (Å²) in [7, 11) is -3.76. The standard InChI is InChI=1S/C24H25N3O4S/c1-4-31-22-11-13-23(14-12-22)32(29,30)27-21-9-7-19(8-10-21)24(28)26-25-16-20-6-5-17(2)15-18(20)3/h5-16,27H,4H2,1-3H3,(H,26,28)/b25-16+. The van der Waals surface area contributed by atoms with Crippen LogP contribution in [0.5, 0.6) is 5.75 Å². The summed E-state index contributed by atoms with van der Waals surface area (Å²) in [5.41, 5.74) is 6.30. The van der Waals surface area contributed by atoms with Gasteiger partial charge in [0.2, 0.25) is 0 Å². The van der Waals surface area contributed by atoms with Crippen molar-refractivity contribution in [2.45, 2.75) is 25.7 Å². The van der Waals surface area contributed by atoms with Gasteiger partial charge in [0.25, 0.3) is 15.9 Å². The number of carbonyl (C=O) groups is 1. The highest BCUT2D eigenvalue weighted by molar-refractivity contribution is 7.92. The zero-order valence-corrected chi connectivity index (χ0v) is 18.9. The third-order valence-corrected chi connectivity index (χ3v) is 6.04. The molecule has 0 spiro atoms. The first-order chi connectivity index (χ1) is 15.3. The number of hydrogen-bond acceptors (Lipinski definition) is 5. The molecule has 1 amide bonds. The van der Waals surface area contributed by atoms with E-state index in [0.29, 0.717) is 23.6 Å². The second-order valence-electron chi connectivity index (χ2n) is 7.15. The molecule has 0 radical (unpaired) electrons. The van der Waals surface area contributed by atoms with Crippen LogP contribution in [0.15, 0.2) is 76.7 Å². The smallest absolute Gasteiger partial charge is 0.271 e. The van der Waals surface area contributed by atoms with Crippen LogP contribution in [0, 0.1) is 13.8 Å². The van der Waals surface area contributed by atoms with E-state index < -0.39 is 15.9 Å². The molecule has 0 saturated carbocycles. The Labute approximate surface area is 188 Å². The van der Waals surface area contributed by atoms with Gasteiger partial charge < -0.3 is 4.74 Å². The Bertz CT molecular complexity index is 1220. The van der Waals surface area contributed by atoms with Gasteiger partial charge in [0, 0.05) is 11.3 Å². The van der Waals surface area contributed by atoms with Crippen molar-refractivity contribution < 1.29 is 17.9 Å². The van der Waals surface area contributed by atoms with Gasteiger partial charge in [-0.15, -0.1) is 0 Å². The van der Waals surface area contributed by atoms with Crippen LogP contribution in [-0.2, 0) is 10.0 Å². The maximum absolute atomic E-state index is 12.6. The van der Waals surface area contributed by atoms with Gasteiger partial charge in [-0.1, -0.05) is 23.8 Å². The van der Waals surface area contributed by atoms with Crippen molar-refractivity contribution in [1.82, 2.24) is 5.43 Å². The number of amides is 1. The van der Waals surface area contributed by atoms with Gasteiger partial charge in [0.15, 0.2) is 0 Å². The predicted molar refractivity (Wildman–Crippen MR) is 126 cm³/mol. The number of aryl methyl sites for hydroxylation is 2. The largest absolute Gasteiger partial charge is 0.494 e. The molecular formula is C24H25N3O4S. The third kappa shape index (κ3) is 5.95. The van der Waals surface area contributed by atoms with Crippen molar-refractivity contribution in [3.8, 4) is 5.75 Å². The van der Waals surface area contributed by atoms with E-state index in [0.717, 1.165) is 16.7 Å². The van der Waals surface area contributed by atoms with E-state index >= 15 is 0 Å². The summed E-state index contributed by atoms with van der Waals surface area (Å²) in [6.45, 7) is 6.34. The number of rotatable bonds is 8. The normalized spacial score (nSPS) is 11.3. The minimum absolute atomic E-state index is 0.114. The third-order valence-electron chi connectivity index (χ3n) is 4.64. The molecule has 0 aliphatic heterocycles. The van der Waals surface area contributed by atoms with Gasteiger partial charge in [0.05, 0.1) is 17.7 Å². The van der Waals surface area contributed by atoms with Crippen LogP contribution in [-0.4, -0.2) is 27.1 Å². The molecule has 0 unspecified atom stereocenters. The molecule has 3 aromatic carbocycles. The molecule has 3 aromatic rings. The van der Waals surface area contributed by atoms with Crippen molar-refractivity contribution >= 4 is 27.8 Å². The Morgan fingerprint density at radius 1 is 1.00 bits per heavy atom. The van der Waals surface area contributed by atoms with Gasteiger partial charge in [0.1, 0.15) is 5.75 Å². The molecule has 0 saturated heterocycles. The number of ether oxygens (including phenoxy) is 1. The SMILES string of the molecule is CCOc1ccc(S(=O)(=O)Nc2ccc(C(=O)N/N=C/c3ccc(C)cc3C)cc2)cc1. The van der Waals surface area contributed by atoms with Crippen LogP contribution in [0.25, 0.3) is 0 Å². The molecule has 0 atom stereocenters. The lowest BCUT2D eigenvalue weighted by molar-refractivity contribution is 0.0955. The van der Waals surface area contributed by atoms with E-state index in [9.17, 15) is 13.2 Å². The Kier molecular flexibility index (Phi) is 7.27. The van der Waals surface area contributed by atoms with Crippen molar-refractivity contribution in [1.29, 1.82) is 0 Å². The average Bonchev–Trinajstić information content (AvgIpc) is 2.76. The Morgan fingerprint density at radius 3 is 2.31 bits per heavy atom. The van der Waals surface area contributed by atoms with Crippen LogP contribution in [0.1, 0.15) is 34.0 Å². The zero-order chi connectivity index (χ0) is 23.1. The highest BCUT2D eigenvalue weighted by Crippen LogP contribution is 2.20. The van der Waals surface area contributed by atoms with Crippen molar-refractivity contribution in [2.75, 3.05) is 11.3 Å². The van der Waals surface area contributed by atoms with E-state index in [1.807, 2.05) is 39.0 Å². The second kappa shape index (κ2) is 10.1. The van der Waals surface area contributed by atoms with Gasteiger partial charge in [-0.3, -0.25) is 9.52 Å². The first-order valence-electron chi connectivity index (χ1n) is 10.0. The van der Waals surface area contributed by atoms with Crippen LogP contribution >= 0.6 is 0 Å². The average molecular weight is 452 g/mol. The Morgan fingerprint density at radius 2 is 1.69 bits per heavy atom. The molecule has 3 rings (SSSR count). The van der Waals surface area contributed by atoms with E-state index in [4.69, 9.17) is 4.74 Å². The number of hydrazone groups is 1. The lowest BCUT2D eigenvalue weighted by Crippen LogP contribution is -2.18. The summed E-state index contributed by atoms with van der Waals surface area (Å²) in [4.78, 5) is 12.4. The van der Waals surface area contributed by atoms with Crippen molar-refractivity contribution in [3.63, 3.8) is 0 Å². The van der Waals surface area contributed by atoms with Gasteiger partial charge >= 0.3 is 0 Å². The number of benzene rings is 3. The summed E-state index contributed by atoms with van der Waals surface area (Å²) in [6, 6.07) is 18.2. The summed E-state index contributed by atoms with van der Waals surface area (Å²) in [5.74, 6) is 0.203. The molecule has 0 fully saturated rings. The molecule has 32 heavy (non-hydrogen) atoms. The van der Waals surface area contributed by atoms with E-state index in [1.165, 1.54) is 36.4 Å². The van der Waals surface area contributed by atoms with Gasteiger partial charge in [-0.25, -0.2) is 13.8 Å². The molecule has 0 aliphatic rings. The van der Waals surface area contributed by atoms with Gasteiger partial charge in [-0.05, 0) is 80.4 Å². The minimum atomic E-state index is -3.76. The minimum Gasteiger partial charge on any atom is -0.494 e. The topological polar surface area (TPSA) is 96.9 Å². The molecule has 0 aliphatic carbocycles. The lowest BCUT2D eigenvalue weighted by Gasteiger charge is -2.09. The quantitative estimate of drug-likeness (QED) is 0.395. The number of nitrogens with zero attached hydrogens (tertiary/aromatic N) is 1. The van der Waals surface area contributed by atoms with Gasteiger partial charge in [-0.2, -0.15) is 5.10 Å². The van der Waals surface area contributed by atoms with Crippen molar-refractivity contribution in [3.05, 3.63) is 89.0 Å². The van der Waals surface area contributed by atoms with Crippen LogP contribution in [0.4, 0.5) is 5.69 Å². The van der Waals surface area contributed by atoms with E-state index in [-0.39, 0.29) is 4.90 Å². The maximum Gasteiger partial charge on any atom is 0.271 e. The molecule has 0 bridgehead atoms. The van der Waals surface area contributed by atoms with Crippen LogP contribution in [0.3, 0.4) is 0 Å². The summed E-state index contributed by atoms with van der Waals surface area (Å²) >= 11 is 0. The van der Waals surface area contributed by atoms with E-state index in [2.05, 4.69) is 15.2 Å². The predicted octanol–water partition coefficient (Wildman–Crippen LogP) is 4.27. The number of carbonyl (C=O) groups excluding carboxylic acids is 1. The molecule has 2 N–H and O–H groups in total. The monoisotopic (exact) mass is 451 g/mol. The highest BCUT2D eigenvalue weighted by Gasteiger charge is 2.14. The maximum atomic E-state index is 12.6. The number of nitrogens with one attached hydrogen (secondary N) is 2. The highest BCUT2D eigenvalue weighted by atomic mass is 32.2. The molecule has 8 heteroatoms. The first-order valence-corrected chi connectivity index (χ1v) is 11.5. The molecule has 0 heterocycles. The fourth-order valence-electron chi connectivity index (χ4n) is 2.98. The van der Waals surface area contributed by atoms with Crippen LogP contribution in [0.2, 0.25) is 0 Å². The summed E-state index contributed by atoms with van der Waals surface area (Å²) in [5, 5.41) is 4.00. The molecular weight excluding hydrogens is 426 g/mol. The molecule has 166 valence electrons. The number of anilines is 1. The summed E-state index contributed by atoms with van der Waals surface area (Å²) < 4.78 is 33.0. The van der Waals surface area contributed by atoms with Crippen molar-refractivity contribution in [2.24, 2.45) is 5.10 Å². The lowest BCUT2D eigenvalue weighted by atomic mass is 10.1. The van der Waals surface area contributed by atoms with E-state index in [1.54, 1.807) is 18.3 Å². The fraction of sp³-hybridized carbons (Fsp3) is 0.167. The summed E-state index contributed by atoms with van der Waals surface area (Å²) in [6.07, 6.45) is 1.59. The number of sulfonamides is 1. The fourth-order valence-corrected chi connectivity index (χ4v) is 4.04. The zero-order valence-electron chi connectivity index (χ0n) is 18.1.